The molecule has 0 radical (unpaired) electrons. The van der Waals surface area contributed by atoms with Gasteiger partial charge in [-0.05, 0) is 93.8 Å². The molecule has 3 nitrogen and oxygen atoms in total. The van der Waals surface area contributed by atoms with Crippen LogP contribution >= 0.6 is 0 Å². The maximum Gasteiger partial charge on any atom is 0.00385 e. The van der Waals surface area contributed by atoms with Gasteiger partial charge in [0.15, 0.2) is 0 Å². The molecule has 0 rings (SSSR count). The second-order valence-corrected chi connectivity index (χ2v) is 6.72. The van der Waals surface area contributed by atoms with Gasteiger partial charge in [-0.2, -0.15) is 0 Å². The van der Waals surface area contributed by atoms with E-state index in [1.54, 1.807) is 0 Å². The van der Waals surface area contributed by atoms with Crippen molar-refractivity contribution in [2.24, 2.45) is 0 Å². The quantitative estimate of drug-likeness (QED) is 0.510. The van der Waals surface area contributed by atoms with E-state index in [-0.39, 0.29) is 0 Å². The molecule has 0 spiro atoms. The maximum absolute atomic E-state index is 2.63. The Labute approximate surface area is 128 Å². The Morgan fingerprint density at radius 2 is 1.10 bits per heavy atom. The van der Waals surface area contributed by atoms with Crippen molar-refractivity contribution in [1.82, 2.24) is 14.7 Å². The number of nitrogens with zero attached hydrogens (tertiary/aromatic N) is 3. The van der Waals surface area contributed by atoms with Crippen molar-refractivity contribution in [3.63, 3.8) is 0 Å². The molecule has 122 valence electrons. The van der Waals surface area contributed by atoms with Crippen LogP contribution in [0.5, 0.6) is 0 Å². The normalized spacial score (nSPS) is 12.6. The van der Waals surface area contributed by atoms with Crippen LogP contribution in [0.15, 0.2) is 0 Å². The summed E-state index contributed by atoms with van der Waals surface area (Å²) in [7, 11) is 4.32. The summed E-state index contributed by atoms with van der Waals surface area (Å²) in [6.45, 7) is 17.6. The van der Waals surface area contributed by atoms with E-state index >= 15 is 0 Å². The van der Waals surface area contributed by atoms with Crippen LogP contribution in [0.4, 0.5) is 0 Å². The van der Waals surface area contributed by atoms with Gasteiger partial charge in [-0.1, -0.05) is 6.92 Å². The minimum atomic E-state index is 0.671. The molecule has 0 N–H and O–H groups in total. The van der Waals surface area contributed by atoms with Crippen LogP contribution in [0, 0.1) is 0 Å². The van der Waals surface area contributed by atoms with Crippen molar-refractivity contribution in [3.05, 3.63) is 0 Å². The second-order valence-electron chi connectivity index (χ2n) is 6.72. The molecular weight excluding hydrogens is 246 g/mol. The molecule has 0 aliphatic carbocycles. The van der Waals surface area contributed by atoms with E-state index in [0.717, 1.165) is 0 Å². The summed E-state index contributed by atoms with van der Waals surface area (Å²) in [5.74, 6) is 0. The van der Waals surface area contributed by atoms with Gasteiger partial charge in [0.2, 0.25) is 0 Å². The molecule has 0 amide bonds. The molecular formula is C17H39N3. The standard InChI is InChI=1S/C17H39N3/c1-8-19(16(2)3)13-9-10-14-20(17(4)5)15-11-12-18(6)7/h16-17H,8-15H2,1-7H3. The third-order valence-electron chi connectivity index (χ3n) is 4.06. The molecule has 3 heteroatoms. The third kappa shape index (κ3) is 9.73. The van der Waals surface area contributed by atoms with Crippen LogP contribution in [0.25, 0.3) is 0 Å². The zero-order chi connectivity index (χ0) is 15.5. The van der Waals surface area contributed by atoms with Crippen LogP contribution < -0.4 is 0 Å². The van der Waals surface area contributed by atoms with E-state index in [2.05, 4.69) is 63.4 Å². The minimum absolute atomic E-state index is 0.671. The Morgan fingerprint density at radius 3 is 1.50 bits per heavy atom. The molecule has 0 bridgehead atoms. The number of rotatable bonds is 12. The fraction of sp³-hybridized carbons (Fsp3) is 1.00. The molecule has 0 atom stereocenters. The van der Waals surface area contributed by atoms with Gasteiger partial charge < -0.3 is 14.7 Å². The summed E-state index contributed by atoms with van der Waals surface area (Å²) in [4.78, 5) is 7.47. The van der Waals surface area contributed by atoms with Gasteiger partial charge in [-0.25, -0.2) is 0 Å². The summed E-state index contributed by atoms with van der Waals surface area (Å²) < 4.78 is 0. The third-order valence-corrected chi connectivity index (χ3v) is 4.06. The van der Waals surface area contributed by atoms with E-state index in [1.807, 2.05) is 0 Å². The highest BCUT2D eigenvalue weighted by Crippen LogP contribution is 2.06. The molecule has 0 aliphatic rings. The number of unbranched alkanes of at least 4 members (excludes halogenated alkanes) is 1. The summed E-state index contributed by atoms with van der Waals surface area (Å²) in [5.41, 5.74) is 0. The zero-order valence-electron chi connectivity index (χ0n) is 15.2. The number of hydrogen-bond acceptors (Lipinski definition) is 3. The van der Waals surface area contributed by atoms with Gasteiger partial charge in [0.25, 0.3) is 0 Å². The van der Waals surface area contributed by atoms with Gasteiger partial charge in [-0.3, -0.25) is 0 Å². The molecule has 0 aromatic rings. The molecule has 20 heavy (non-hydrogen) atoms. The van der Waals surface area contributed by atoms with E-state index in [4.69, 9.17) is 0 Å². The SMILES string of the molecule is CCN(CCCCN(CCCN(C)C)C(C)C)C(C)C. The molecule has 0 aromatic heterocycles. The largest absolute Gasteiger partial charge is 0.309 e. The van der Waals surface area contributed by atoms with Crippen molar-refractivity contribution in [1.29, 1.82) is 0 Å². The first-order valence-electron chi connectivity index (χ1n) is 8.51. The fourth-order valence-electron chi connectivity index (χ4n) is 2.63. The topological polar surface area (TPSA) is 9.72 Å². The summed E-state index contributed by atoms with van der Waals surface area (Å²) in [6.07, 6.45) is 3.92. The zero-order valence-corrected chi connectivity index (χ0v) is 15.2. The molecule has 0 heterocycles. The summed E-state index contributed by atoms with van der Waals surface area (Å²) >= 11 is 0. The predicted octanol–water partition coefficient (Wildman–Crippen LogP) is 3.16. The fourth-order valence-corrected chi connectivity index (χ4v) is 2.63. The van der Waals surface area contributed by atoms with Crippen molar-refractivity contribution in [3.8, 4) is 0 Å². The molecule has 0 aromatic carbocycles. The highest BCUT2D eigenvalue weighted by molar-refractivity contribution is 4.66. The van der Waals surface area contributed by atoms with Crippen molar-refractivity contribution >= 4 is 0 Å². The first-order chi connectivity index (χ1) is 9.38. The first kappa shape index (κ1) is 19.9. The van der Waals surface area contributed by atoms with Crippen LogP contribution in [0.1, 0.15) is 53.9 Å². The predicted molar refractivity (Wildman–Crippen MR) is 91.5 cm³/mol. The lowest BCUT2D eigenvalue weighted by Gasteiger charge is -2.28. The lowest BCUT2D eigenvalue weighted by Crippen LogP contribution is -2.35. The van der Waals surface area contributed by atoms with Gasteiger partial charge in [0.05, 0.1) is 0 Å². The van der Waals surface area contributed by atoms with Crippen molar-refractivity contribution in [2.75, 3.05) is 46.8 Å². The van der Waals surface area contributed by atoms with Gasteiger partial charge in [-0.15, -0.1) is 0 Å². The highest BCUT2D eigenvalue weighted by atomic mass is 15.2. The summed E-state index contributed by atoms with van der Waals surface area (Å²) in [6, 6.07) is 1.35. The van der Waals surface area contributed by atoms with E-state index < -0.39 is 0 Å². The van der Waals surface area contributed by atoms with Gasteiger partial charge in [0.1, 0.15) is 0 Å². The van der Waals surface area contributed by atoms with Crippen LogP contribution in [0.2, 0.25) is 0 Å². The molecule has 0 saturated carbocycles. The molecule has 0 aliphatic heterocycles. The van der Waals surface area contributed by atoms with Crippen LogP contribution in [-0.2, 0) is 0 Å². The Balaban J connectivity index is 3.85. The lowest BCUT2D eigenvalue weighted by molar-refractivity contribution is 0.191. The minimum Gasteiger partial charge on any atom is -0.309 e. The smallest absolute Gasteiger partial charge is 0.00385 e. The second kappa shape index (κ2) is 11.5. The first-order valence-corrected chi connectivity index (χ1v) is 8.51. The van der Waals surface area contributed by atoms with E-state index in [0.29, 0.717) is 12.1 Å². The average molecular weight is 286 g/mol. The van der Waals surface area contributed by atoms with Crippen molar-refractivity contribution < 1.29 is 0 Å². The monoisotopic (exact) mass is 285 g/mol. The Kier molecular flexibility index (Phi) is 11.5. The molecule has 0 unspecified atom stereocenters. The van der Waals surface area contributed by atoms with Crippen LogP contribution in [0.3, 0.4) is 0 Å². The molecule has 0 saturated heterocycles. The van der Waals surface area contributed by atoms with Gasteiger partial charge in [0, 0.05) is 12.1 Å². The maximum atomic E-state index is 2.63. The Bertz CT molecular complexity index is 214. The Morgan fingerprint density at radius 1 is 0.650 bits per heavy atom. The highest BCUT2D eigenvalue weighted by Gasteiger charge is 2.10. The van der Waals surface area contributed by atoms with E-state index in [9.17, 15) is 0 Å². The Hall–Kier alpha value is -0.120. The molecule has 0 fully saturated rings. The number of hydrogen-bond donors (Lipinski definition) is 0. The van der Waals surface area contributed by atoms with Crippen LogP contribution in [-0.4, -0.2) is 73.6 Å². The van der Waals surface area contributed by atoms with E-state index in [1.165, 1.54) is 52.0 Å². The lowest BCUT2D eigenvalue weighted by atomic mass is 10.2. The average Bonchev–Trinajstić information content (AvgIpc) is 2.35. The van der Waals surface area contributed by atoms with Gasteiger partial charge >= 0.3 is 0 Å². The van der Waals surface area contributed by atoms with Crippen molar-refractivity contribution in [2.45, 2.75) is 66.0 Å². The summed E-state index contributed by atoms with van der Waals surface area (Å²) in [5, 5.41) is 0.